The molecule has 1 amide bonds. The van der Waals surface area contributed by atoms with Gasteiger partial charge in [0, 0.05) is 19.4 Å². The zero-order chi connectivity index (χ0) is 23.0. The third-order valence-electron chi connectivity index (χ3n) is 5.99. The average molecular weight is 473 g/mol. The van der Waals surface area contributed by atoms with E-state index in [1.807, 2.05) is 0 Å². The third kappa shape index (κ3) is 29.5. The molecule has 192 valence electrons. The number of halogens is 1. The van der Waals surface area contributed by atoms with Crippen LogP contribution in [0, 0.1) is 0 Å². The van der Waals surface area contributed by atoms with E-state index < -0.39 is 0 Å². The standard InChI is InChI=1S/C28H56N2O.ClH/c1-5-6-7-8-9-10-11-12-13-14-15-16-17-18-19-20-21-22-23-25-28(31)29-26-24-27-30(2,3)4;/h12-13H,5-11,14-27H2,1-4H3;1H/b13-12-;. The molecule has 0 aliphatic heterocycles. The lowest BCUT2D eigenvalue weighted by molar-refractivity contribution is -0.870. The summed E-state index contributed by atoms with van der Waals surface area (Å²) in [4.78, 5) is 11.8. The van der Waals surface area contributed by atoms with Crippen LogP contribution in [0.1, 0.15) is 129 Å². The van der Waals surface area contributed by atoms with Crippen LogP contribution in [-0.2, 0) is 4.79 Å². The van der Waals surface area contributed by atoms with Crippen LogP contribution in [0.5, 0.6) is 0 Å². The third-order valence-corrected chi connectivity index (χ3v) is 5.99. The topological polar surface area (TPSA) is 29.1 Å². The highest BCUT2D eigenvalue weighted by Gasteiger charge is 2.06. The molecule has 0 bridgehead atoms. The highest BCUT2D eigenvalue weighted by Crippen LogP contribution is 2.12. The largest absolute Gasteiger partial charge is 1.00 e. The van der Waals surface area contributed by atoms with E-state index in [-0.39, 0.29) is 18.3 Å². The number of unbranched alkanes of at least 4 members (excludes halogenated alkanes) is 15. The summed E-state index contributed by atoms with van der Waals surface area (Å²) in [5.41, 5.74) is 0. The molecule has 0 aromatic heterocycles. The van der Waals surface area contributed by atoms with E-state index >= 15 is 0 Å². The fraction of sp³-hybridized carbons (Fsp3) is 0.893. The zero-order valence-corrected chi connectivity index (χ0v) is 23.0. The van der Waals surface area contributed by atoms with E-state index in [0.29, 0.717) is 6.42 Å². The first-order chi connectivity index (χ1) is 15.0. The molecule has 0 heterocycles. The Balaban J connectivity index is 0. The van der Waals surface area contributed by atoms with Crippen LogP contribution in [0.4, 0.5) is 0 Å². The Bertz CT molecular complexity index is 418. The van der Waals surface area contributed by atoms with Crippen LogP contribution in [0.2, 0.25) is 0 Å². The summed E-state index contributed by atoms with van der Waals surface area (Å²) in [5.74, 6) is 0.238. The maximum atomic E-state index is 11.8. The van der Waals surface area contributed by atoms with E-state index in [4.69, 9.17) is 0 Å². The van der Waals surface area contributed by atoms with Crippen molar-refractivity contribution in [2.24, 2.45) is 0 Å². The lowest BCUT2D eigenvalue weighted by Crippen LogP contribution is -3.00. The van der Waals surface area contributed by atoms with Crippen molar-refractivity contribution in [3.05, 3.63) is 12.2 Å². The second kappa shape index (κ2) is 25.1. The molecule has 1 N–H and O–H groups in total. The van der Waals surface area contributed by atoms with Crippen molar-refractivity contribution in [2.45, 2.75) is 129 Å². The van der Waals surface area contributed by atoms with E-state index in [0.717, 1.165) is 30.4 Å². The number of quaternary nitrogens is 1. The number of nitrogens with zero attached hydrogens (tertiary/aromatic N) is 1. The molecule has 0 atom stereocenters. The molecular formula is C28H57ClN2O. The average Bonchev–Trinajstić information content (AvgIpc) is 2.72. The van der Waals surface area contributed by atoms with E-state index in [9.17, 15) is 4.79 Å². The van der Waals surface area contributed by atoms with Gasteiger partial charge in [-0.15, -0.1) is 0 Å². The summed E-state index contributed by atoms with van der Waals surface area (Å²) in [7, 11) is 6.58. The van der Waals surface area contributed by atoms with E-state index in [2.05, 4.69) is 45.5 Å². The number of carbonyl (C=O) groups excluding carboxylic acids is 1. The first-order valence-corrected chi connectivity index (χ1v) is 13.7. The number of rotatable bonds is 23. The Morgan fingerprint density at radius 2 is 1.09 bits per heavy atom. The lowest BCUT2D eigenvalue weighted by Gasteiger charge is -2.23. The molecule has 3 nitrogen and oxygen atoms in total. The van der Waals surface area contributed by atoms with Crippen molar-refractivity contribution in [3.8, 4) is 0 Å². The van der Waals surface area contributed by atoms with E-state index in [1.54, 1.807) is 0 Å². The monoisotopic (exact) mass is 472 g/mol. The number of nitrogens with one attached hydrogen (secondary N) is 1. The summed E-state index contributed by atoms with van der Waals surface area (Å²) < 4.78 is 0.965. The summed E-state index contributed by atoms with van der Waals surface area (Å²) in [6, 6.07) is 0. The number of hydrogen-bond donors (Lipinski definition) is 1. The van der Waals surface area contributed by atoms with Crippen molar-refractivity contribution >= 4 is 5.91 Å². The van der Waals surface area contributed by atoms with E-state index in [1.165, 1.54) is 103 Å². The Morgan fingerprint density at radius 3 is 1.56 bits per heavy atom. The minimum atomic E-state index is 0. The predicted octanol–water partition coefficient (Wildman–Crippen LogP) is 4.80. The molecule has 0 aromatic rings. The molecule has 0 saturated heterocycles. The van der Waals surface area contributed by atoms with Gasteiger partial charge in [0.25, 0.3) is 0 Å². The Labute approximate surface area is 208 Å². The quantitative estimate of drug-likeness (QED) is 0.129. The number of carbonyl (C=O) groups is 1. The SMILES string of the molecule is CCCCCCCC/C=C\CCCCCCCCCCCC(=O)NCCC[N+](C)(C)C.[Cl-]. The fourth-order valence-corrected chi connectivity index (χ4v) is 3.93. The molecule has 0 saturated carbocycles. The van der Waals surface area contributed by atoms with Crippen LogP contribution in [0.25, 0.3) is 0 Å². The Morgan fingerprint density at radius 1 is 0.656 bits per heavy atom. The Hall–Kier alpha value is -0.540. The molecule has 0 aromatic carbocycles. The molecule has 32 heavy (non-hydrogen) atoms. The van der Waals surface area contributed by atoms with Crippen molar-refractivity contribution < 1.29 is 21.7 Å². The summed E-state index contributed by atoms with van der Waals surface area (Å²) in [5, 5.41) is 3.06. The molecule has 0 unspecified atom stereocenters. The van der Waals surface area contributed by atoms with Crippen LogP contribution >= 0.6 is 0 Å². The number of hydrogen-bond acceptors (Lipinski definition) is 1. The fourth-order valence-electron chi connectivity index (χ4n) is 3.93. The van der Waals surface area contributed by atoms with Gasteiger partial charge < -0.3 is 22.2 Å². The van der Waals surface area contributed by atoms with Gasteiger partial charge in [-0.2, -0.15) is 0 Å². The smallest absolute Gasteiger partial charge is 0.219 e. The van der Waals surface area contributed by atoms with Crippen molar-refractivity contribution in [3.63, 3.8) is 0 Å². The van der Waals surface area contributed by atoms with Crippen LogP contribution in [-0.4, -0.2) is 44.6 Å². The molecule has 0 rings (SSSR count). The highest BCUT2D eigenvalue weighted by molar-refractivity contribution is 5.75. The molecule has 0 aliphatic rings. The van der Waals surface area contributed by atoms with Crippen molar-refractivity contribution in [1.82, 2.24) is 5.32 Å². The lowest BCUT2D eigenvalue weighted by atomic mass is 10.1. The minimum Gasteiger partial charge on any atom is -1.00 e. The first kappa shape index (κ1) is 33.6. The van der Waals surface area contributed by atoms with Crippen molar-refractivity contribution in [2.75, 3.05) is 34.2 Å². The molecular weight excluding hydrogens is 416 g/mol. The second-order valence-electron chi connectivity index (χ2n) is 10.5. The normalized spacial score (nSPS) is 11.6. The van der Waals surface area contributed by atoms with Gasteiger partial charge in [0.1, 0.15) is 0 Å². The summed E-state index contributed by atoms with van der Waals surface area (Å²) >= 11 is 0. The van der Waals surface area contributed by atoms with Gasteiger partial charge in [-0.25, -0.2) is 0 Å². The first-order valence-electron chi connectivity index (χ1n) is 13.7. The van der Waals surface area contributed by atoms with Crippen LogP contribution in [0.3, 0.4) is 0 Å². The highest BCUT2D eigenvalue weighted by atomic mass is 35.5. The molecule has 0 fully saturated rings. The van der Waals surface area contributed by atoms with Gasteiger partial charge in [-0.3, -0.25) is 4.79 Å². The minimum absolute atomic E-state index is 0. The van der Waals surface area contributed by atoms with Gasteiger partial charge in [0.15, 0.2) is 0 Å². The molecule has 4 heteroatoms. The van der Waals surface area contributed by atoms with Crippen LogP contribution in [0.15, 0.2) is 12.2 Å². The maximum Gasteiger partial charge on any atom is 0.219 e. The van der Waals surface area contributed by atoms with Gasteiger partial charge in [-0.05, 0) is 32.1 Å². The summed E-state index contributed by atoms with van der Waals surface area (Å²) in [6.07, 6.45) is 29.3. The summed E-state index contributed by atoms with van der Waals surface area (Å²) in [6.45, 7) is 4.21. The van der Waals surface area contributed by atoms with Gasteiger partial charge in [-0.1, -0.05) is 96.1 Å². The van der Waals surface area contributed by atoms with Crippen LogP contribution < -0.4 is 17.7 Å². The zero-order valence-electron chi connectivity index (χ0n) is 22.2. The second-order valence-corrected chi connectivity index (χ2v) is 10.5. The van der Waals surface area contributed by atoms with Gasteiger partial charge in [0.2, 0.25) is 5.91 Å². The number of allylic oxidation sites excluding steroid dienone is 2. The van der Waals surface area contributed by atoms with Gasteiger partial charge >= 0.3 is 0 Å². The molecule has 0 radical (unpaired) electrons. The number of amides is 1. The predicted molar refractivity (Wildman–Crippen MR) is 138 cm³/mol. The molecule has 0 aliphatic carbocycles. The maximum absolute atomic E-state index is 11.8. The Kier molecular flexibility index (Phi) is 26.4. The van der Waals surface area contributed by atoms with Gasteiger partial charge in [0.05, 0.1) is 27.7 Å². The molecule has 0 spiro atoms. The van der Waals surface area contributed by atoms with Crippen molar-refractivity contribution in [1.29, 1.82) is 0 Å².